The third kappa shape index (κ3) is 2.11. The lowest BCUT2D eigenvalue weighted by atomic mass is 9.89. The van der Waals surface area contributed by atoms with Crippen LogP contribution in [0.15, 0.2) is 24.5 Å². The first kappa shape index (κ1) is 12.2. The van der Waals surface area contributed by atoms with Gasteiger partial charge in [0.25, 0.3) is 0 Å². The van der Waals surface area contributed by atoms with E-state index >= 15 is 0 Å². The average Bonchev–Trinajstić information content (AvgIpc) is 2.97. The summed E-state index contributed by atoms with van der Waals surface area (Å²) in [5.41, 5.74) is 2.14. The molecule has 4 heteroatoms. The van der Waals surface area contributed by atoms with Gasteiger partial charge in [0.2, 0.25) is 0 Å². The molecule has 1 saturated carbocycles. The van der Waals surface area contributed by atoms with Crippen molar-refractivity contribution in [3.63, 3.8) is 0 Å². The monoisotopic (exact) mass is 258 g/mol. The molecule has 1 heterocycles. The van der Waals surface area contributed by atoms with Crippen molar-refractivity contribution >= 4 is 17.0 Å². The van der Waals surface area contributed by atoms with E-state index in [4.69, 9.17) is 0 Å². The predicted octanol–water partition coefficient (Wildman–Crippen LogP) is 3.31. The van der Waals surface area contributed by atoms with Crippen LogP contribution in [0.4, 0.5) is 0 Å². The summed E-state index contributed by atoms with van der Waals surface area (Å²) in [5, 5.41) is 9.31. The molecular weight excluding hydrogens is 240 g/mol. The number of para-hydroxylation sites is 1. The molecule has 0 bridgehead atoms. The minimum atomic E-state index is -0.885. The molecule has 100 valence electrons. The van der Waals surface area contributed by atoms with Crippen molar-refractivity contribution < 1.29 is 9.90 Å². The second-order valence-electron chi connectivity index (χ2n) is 5.87. The summed E-state index contributed by atoms with van der Waals surface area (Å²) in [6.07, 6.45) is 6.74. The topological polar surface area (TPSA) is 55.1 Å². The summed E-state index contributed by atoms with van der Waals surface area (Å²) in [6, 6.07) is 5.27. The van der Waals surface area contributed by atoms with Crippen molar-refractivity contribution in [3.05, 3.63) is 30.1 Å². The number of rotatable bonds is 3. The fourth-order valence-electron chi connectivity index (χ4n) is 3.22. The Bertz CT molecular complexity index is 624. The van der Waals surface area contributed by atoms with Gasteiger partial charge in [0.05, 0.1) is 22.9 Å². The Morgan fingerprint density at radius 3 is 2.84 bits per heavy atom. The largest absolute Gasteiger partial charge is 0.478 e. The molecule has 0 spiro atoms. The first-order valence-corrected chi connectivity index (χ1v) is 6.76. The average molecular weight is 258 g/mol. The SMILES string of the molecule is CC1(Cn2cnc3cccc(C(=O)O)c32)CCCC1. The van der Waals surface area contributed by atoms with E-state index in [0.717, 1.165) is 17.6 Å². The van der Waals surface area contributed by atoms with Crippen molar-refractivity contribution in [2.45, 2.75) is 39.2 Å². The molecule has 0 atom stereocenters. The Balaban J connectivity index is 2.06. The molecular formula is C15H18N2O2. The first-order chi connectivity index (χ1) is 9.09. The Labute approximate surface area is 112 Å². The van der Waals surface area contributed by atoms with E-state index in [2.05, 4.69) is 11.9 Å². The molecule has 0 radical (unpaired) electrons. The van der Waals surface area contributed by atoms with Crippen molar-refractivity contribution in [3.8, 4) is 0 Å². The number of carboxylic acids is 1. The summed E-state index contributed by atoms with van der Waals surface area (Å²) < 4.78 is 2.02. The summed E-state index contributed by atoms with van der Waals surface area (Å²) in [4.78, 5) is 15.7. The highest BCUT2D eigenvalue weighted by Gasteiger charge is 2.29. The van der Waals surface area contributed by atoms with Crippen LogP contribution in [0, 0.1) is 5.41 Å². The lowest BCUT2D eigenvalue weighted by Crippen LogP contribution is -2.19. The zero-order valence-electron chi connectivity index (χ0n) is 11.1. The third-order valence-electron chi connectivity index (χ3n) is 4.23. The Morgan fingerprint density at radius 1 is 1.42 bits per heavy atom. The molecule has 2 aromatic rings. The number of carboxylic acid groups (broad SMARTS) is 1. The van der Waals surface area contributed by atoms with Crippen molar-refractivity contribution in [2.24, 2.45) is 5.41 Å². The molecule has 1 aromatic heterocycles. The number of benzene rings is 1. The van der Waals surface area contributed by atoms with Gasteiger partial charge in [-0.05, 0) is 30.4 Å². The van der Waals surface area contributed by atoms with Crippen LogP contribution < -0.4 is 0 Å². The van der Waals surface area contributed by atoms with Crippen LogP contribution in [-0.4, -0.2) is 20.6 Å². The molecule has 4 nitrogen and oxygen atoms in total. The van der Waals surface area contributed by atoms with E-state index in [9.17, 15) is 9.90 Å². The normalized spacial score (nSPS) is 17.9. The van der Waals surface area contributed by atoms with Gasteiger partial charge < -0.3 is 9.67 Å². The molecule has 0 aliphatic heterocycles. The van der Waals surface area contributed by atoms with Crippen molar-refractivity contribution in [1.82, 2.24) is 9.55 Å². The van der Waals surface area contributed by atoms with E-state index in [-0.39, 0.29) is 5.41 Å². The predicted molar refractivity (Wildman–Crippen MR) is 73.3 cm³/mol. The number of carbonyl (C=O) groups is 1. The second kappa shape index (κ2) is 4.37. The van der Waals surface area contributed by atoms with Crippen LogP contribution in [0.25, 0.3) is 11.0 Å². The summed E-state index contributed by atoms with van der Waals surface area (Å²) in [5.74, 6) is -0.885. The molecule has 1 aliphatic carbocycles. The maximum atomic E-state index is 11.3. The minimum absolute atomic E-state index is 0.277. The van der Waals surface area contributed by atoms with Gasteiger partial charge in [-0.25, -0.2) is 9.78 Å². The van der Waals surface area contributed by atoms with Gasteiger partial charge in [-0.3, -0.25) is 0 Å². The number of aromatic nitrogens is 2. The highest BCUT2D eigenvalue weighted by Crippen LogP contribution is 2.39. The van der Waals surface area contributed by atoms with Gasteiger partial charge in [0.15, 0.2) is 0 Å². The van der Waals surface area contributed by atoms with Gasteiger partial charge in [-0.2, -0.15) is 0 Å². The zero-order valence-corrected chi connectivity index (χ0v) is 11.1. The van der Waals surface area contributed by atoms with Gasteiger partial charge in [0.1, 0.15) is 0 Å². The highest BCUT2D eigenvalue weighted by atomic mass is 16.4. The number of fused-ring (bicyclic) bond motifs is 1. The molecule has 1 N–H and O–H groups in total. The zero-order chi connectivity index (χ0) is 13.5. The van der Waals surface area contributed by atoms with Crippen LogP contribution in [0.5, 0.6) is 0 Å². The minimum Gasteiger partial charge on any atom is -0.478 e. The van der Waals surface area contributed by atoms with Gasteiger partial charge in [-0.1, -0.05) is 25.8 Å². The third-order valence-corrected chi connectivity index (χ3v) is 4.23. The molecule has 1 aliphatic rings. The standard InChI is InChI=1S/C15H18N2O2/c1-15(7-2-3-8-15)9-17-10-16-12-6-4-5-11(13(12)17)14(18)19/h4-6,10H,2-3,7-9H2,1H3,(H,18,19). The lowest BCUT2D eigenvalue weighted by molar-refractivity contribution is 0.0698. The van der Waals surface area contributed by atoms with E-state index in [1.165, 1.54) is 25.7 Å². The van der Waals surface area contributed by atoms with E-state index in [1.807, 2.05) is 10.6 Å². The Kier molecular flexibility index (Phi) is 2.81. The summed E-state index contributed by atoms with van der Waals surface area (Å²) in [7, 11) is 0. The van der Waals surface area contributed by atoms with Gasteiger partial charge in [0, 0.05) is 6.54 Å². The van der Waals surface area contributed by atoms with E-state index in [1.54, 1.807) is 18.5 Å². The molecule has 1 fully saturated rings. The van der Waals surface area contributed by atoms with Crippen LogP contribution in [0.1, 0.15) is 43.0 Å². The van der Waals surface area contributed by atoms with E-state index < -0.39 is 5.97 Å². The summed E-state index contributed by atoms with van der Waals surface area (Å²) in [6.45, 7) is 3.14. The number of hydrogen-bond acceptors (Lipinski definition) is 2. The Morgan fingerprint density at radius 2 is 2.16 bits per heavy atom. The molecule has 0 amide bonds. The second-order valence-corrected chi connectivity index (χ2v) is 5.87. The van der Waals surface area contributed by atoms with Crippen LogP contribution in [0.3, 0.4) is 0 Å². The smallest absolute Gasteiger partial charge is 0.337 e. The van der Waals surface area contributed by atoms with Gasteiger partial charge >= 0.3 is 5.97 Å². The van der Waals surface area contributed by atoms with Crippen molar-refractivity contribution in [2.75, 3.05) is 0 Å². The number of imidazole rings is 1. The van der Waals surface area contributed by atoms with Gasteiger partial charge in [-0.15, -0.1) is 0 Å². The fourth-order valence-corrected chi connectivity index (χ4v) is 3.22. The molecule has 0 unspecified atom stereocenters. The molecule has 1 aromatic carbocycles. The molecule has 3 rings (SSSR count). The quantitative estimate of drug-likeness (QED) is 0.918. The maximum Gasteiger partial charge on any atom is 0.337 e. The molecule has 0 saturated heterocycles. The summed E-state index contributed by atoms with van der Waals surface area (Å²) >= 11 is 0. The first-order valence-electron chi connectivity index (χ1n) is 6.76. The highest BCUT2D eigenvalue weighted by molar-refractivity contribution is 6.01. The number of nitrogens with zero attached hydrogens (tertiary/aromatic N) is 2. The lowest BCUT2D eigenvalue weighted by Gasteiger charge is -2.24. The van der Waals surface area contributed by atoms with E-state index in [0.29, 0.717) is 5.56 Å². The molecule has 19 heavy (non-hydrogen) atoms. The Hall–Kier alpha value is -1.84. The number of aromatic carboxylic acids is 1. The maximum absolute atomic E-state index is 11.3. The fraction of sp³-hybridized carbons (Fsp3) is 0.467. The van der Waals surface area contributed by atoms with Crippen LogP contribution >= 0.6 is 0 Å². The number of hydrogen-bond donors (Lipinski definition) is 1. The van der Waals surface area contributed by atoms with Crippen molar-refractivity contribution in [1.29, 1.82) is 0 Å². The van der Waals surface area contributed by atoms with Crippen LogP contribution in [-0.2, 0) is 6.54 Å². The van der Waals surface area contributed by atoms with Crippen LogP contribution in [0.2, 0.25) is 0 Å².